The third-order valence-electron chi connectivity index (χ3n) is 3.89. The number of aromatic amines is 1. The van der Waals surface area contributed by atoms with Gasteiger partial charge in [-0.2, -0.15) is 11.8 Å². The van der Waals surface area contributed by atoms with Gasteiger partial charge in [-0.1, -0.05) is 29.8 Å². The summed E-state index contributed by atoms with van der Waals surface area (Å²) in [5.41, 5.74) is 3.77. The number of thioether (sulfide) groups is 1. The van der Waals surface area contributed by atoms with Crippen LogP contribution in [0.1, 0.15) is 33.7 Å². The summed E-state index contributed by atoms with van der Waals surface area (Å²) in [6.07, 6.45) is -2.66. The quantitative estimate of drug-likeness (QED) is 0.599. The van der Waals surface area contributed by atoms with Crippen LogP contribution in [0.4, 0.5) is 8.78 Å². The van der Waals surface area contributed by atoms with E-state index >= 15 is 0 Å². The lowest BCUT2D eigenvalue weighted by Gasteiger charge is -2.06. The van der Waals surface area contributed by atoms with E-state index in [1.54, 1.807) is 30.0 Å². The van der Waals surface area contributed by atoms with Crippen LogP contribution in [0, 0.1) is 6.92 Å². The van der Waals surface area contributed by atoms with Gasteiger partial charge in [-0.3, -0.25) is 4.79 Å². The lowest BCUT2D eigenvalue weighted by atomic mass is 10.2. The maximum absolute atomic E-state index is 12.7. The molecule has 0 saturated carbocycles. The Balaban J connectivity index is 1.48. The monoisotopic (exact) mass is 375 g/mol. The largest absolute Gasteiger partial charge is 0.351 e. The number of halogens is 2. The predicted molar refractivity (Wildman–Crippen MR) is 101 cm³/mol. The van der Waals surface area contributed by atoms with Gasteiger partial charge in [-0.15, -0.1) is 0 Å². The summed E-state index contributed by atoms with van der Waals surface area (Å²) in [6, 6.07) is 13.1. The number of nitrogens with one attached hydrogen (secondary N) is 2. The molecule has 1 aromatic heterocycles. The summed E-state index contributed by atoms with van der Waals surface area (Å²) in [7, 11) is 0. The van der Waals surface area contributed by atoms with Gasteiger partial charge in [-0.25, -0.2) is 13.8 Å². The number of carbonyl (C=O) groups excluding carboxylic acids is 1. The average molecular weight is 375 g/mol. The van der Waals surface area contributed by atoms with Crippen LogP contribution in [0.25, 0.3) is 11.0 Å². The van der Waals surface area contributed by atoms with Crippen LogP contribution in [-0.2, 0) is 5.75 Å². The standard InChI is InChI=1S/C19H19F2N3OS/c1-12-2-4-13(5-3-12)11-26-9-8-22-19(25)14-6-7-15-16(10-14)24-18(23-15)17(20)21/h2-7,10,17H,8-9,11H2,1H3,(H,22,25)(H,23,24). The lowest BCUT2D eigenvalue weighted by molar-refractivity contribution is 0.0956. The van der Waals surface area contributed by atoms with E-state index in [-0.39, 0.29) is 11.7 Å². The minimum Gasteiger partial charge on any atom is -0.351 e. The summed E-state index contributed by atoms with van der Waals surface area (Å²) < 4.78 is 25.3. The molecule has 0 bridgehead atoms. The van der Waals surface area contributed by atoms with Gasteiger partial charge in [0.1, 0.15) is 0 Å². The Morgan fingerprint density at radius 2 is 2.00 bits per heavy atom. The third-order valence-corrected chi connectivity index (χ3v) is 4.92. The second kappa shape index (κ2) is 8.31. The first kappa shape index (κ1) is 18.4. The number of hydrogen-bond acceptors (Lipinski definition) is 3. The maximum Gasteiger partial charge on any atom is 0.295 e. The number of aryl methyl sites for hydroxylation is 1. The second-order valence-electron chi connectivity index (χ2n) is 5.95. The van der Waals surface area contributed by atoms with Crippen molar-refractivity contribution in [2.45, 2.75) is 19.1 Å². The summed E-state index contributed by atoms with van der Waals surface area (Å²) >= 11 is 1.74. The number of alkyl halides is 2. The van der Waals surface area contributed by atoms with Crippen molar-refractivity contribution >= 4 is 28.7 Å². The zero-order chi connectivity index (χ0) is 18.5. The minimum absolute atomic E-state index is 0.226. The van der Waals surface area contributed by atoms with E-state index in [1.165, 1.54) is 11.1 Å². The van der Waals surface area contributed by atoms with Gasteiger partial charge in [-0.05, 0) is 30.7 Å². The predicted octanol–water partition coefficient (Wildman–Crippen LogP) is 4.47. The van der Waals surface area contributed by atoms with Crippen LogP contribution in [0.5, 0.6) is 0 Å². The molecule has 0 aliphatic heterocycles. The van der Waals surface area contributed by atoms with Crippen molar-refractivity contribution in [2.75, 3.05) is 12.3 Å². The van der Waals surface area contributed by atoms with Crippen molar-refractivity contribution in [1.29, 1.82) is 0 Å². The van der Waals surface area contributed by atoms with E-state index in [1.807, 2.05) is 0 Å². The molecule has 3 rings (SSSR count). The number of amides is 1. The Bertz CT molecular complexity index is 893. The number of carbonyl (C=O) groups is 1. The number of rotatable bonds is 7. The third kappa shape index (κ3) is 4.60. The Morgan fingerprint density at radius 1 is 1.23 bits per heavy atom. The molecule has 4 nitrogen and oxygen atoms in total. The van der Waals surface area contributed by atoms with Crippen LogP contribution >= 0.6 is 11.8 Å². The number of nitrogens with zero attached hydrogens (tertiary/aromatic N) is 1. The smallest absolute Gasteiger partial charge is 0.295 e. The van der Waals surface area contributed by atoms with Crippen molar-refractivity contribution < 1.29 is 13.6 Å². The number of aromatic nitrogens is 2. The van der Waals surface area contributed by atoms with Crippen LogP contribution < -0.4 is 5.32 Å². The summed E-state index contributed by atoms with van der Waals surface area (Å²) in [5, 5.41) is 2.85. The number of imidazole rings is 1. The minimum atomic E-state index is -2.66. The fourth-order valence-corrected chi connectivity index (χ4v) is 3.31. The molecule has 1 heterocycles. The van der Waals surface area contributed by atoms with E-state index < -0.39 is 6.43 Å². The van der Waals surface area contributed by atoms with Crippen molar-refractivity contribution in [2.24, 2.45) is 0 Å². The van der Waals surface area contributed by atoms with E-state index in [2.05, 4.69) is 46.5 Å². The van der Waals surface area contributed by atoms with Crippen molar-refractivity contribution in [3.8, 4) is 0 Å². The van der Waals surface area contributed by atoms with E-state index in [0.717, 1.165) is 11.5 Å². The number of hydrogen-bond donors (Lipinski definition) is 2. The first-order valence-corrected chi connectivity index (χ1v) is 9.38. The molecule has 7 heteroatoms. The lowest BCUT2D eigenvalue weighted by Crippen LogP contribution is -2.25. The molecule has 0 aliphatic rings. The number of benzene rings is 2. The number of H-pyrrole nitrogens is 1. The molecule has 26 heavy (non-hydrogen) atoms. The highest BCUT2D eigenvalue weighted by atomic mass is 32.2. The number of fused-ring (bicyclic) bond motifs is 1. The summed E-state index contributed by atoms with van der Waals surface area (Å²) in [5.74, 6) is 1.08. The highest BCUT2D eigenvalue weighted by molar-refractivity contribution is 7.98. The van der Waals surface area contributed by atoms with Crippen LogP contribution in [0.3, 0.4) is 0 Å². The SMILES string of the molecule is Cc1ccc(CSCCNC(=O)c2ccc3nc(C(F)F)[nH]c3c2)cc1. The molecule has 2 N–H and O–H groups in total. The van der Waals surface area contributed by atoms with E-state index in [4.69, 9.17) is 0 Å². The van der Waals surface area contributed by atoms with Crippen LogP contribution in [0.2, 0.25) is 0 Å². The van der Waals surface area contributed by atoms with Crippen LogP contribution in [0.15, 0.2) is 42.5 Å². The first-order valence-electron chi connectivity index (χ1n) is 8.22. The highest BCUT2D eigenvalue weighted by Gasteiger charge is 2.14. The normalized spacial score (nSPS) is 11.2. The van der Waals surface area contributed by atoms with E-state index in [9.17, 15) is 13.6 Å². The van der Waals surface area contributed by atoms with Gasteiger partial charge in [0.2, 0.25) is 0 Å². The molecule has 1 amide bonds. The molecule has 0 radical (unpaired) electrons. The van der Waals surface area contributed by atoms with Crippen LogP contribution in [-0.4, -0.2) is 28.2 Å². The topological polar surface area (TPSA) is 57.8 Å². The second-order valence-corrected chi connectivity index (χ2v) is 7.05. The zero-order valence-electron chi connectivity index (χ0n) is 14.3. The van der Waals surface area contributed by atoms with Crippen molar-refractivity contribution in [1.82, 2.24) is 15.3 Å². The van der Waals surface area contributed by atoms with Crippen molar-refractivity contribution in [3.63, 3.8) is 0 Å². The molecular formula is C19H19F2N3OS. The molecule has 136 valence electrons. The molecule has 0 fully saturated rings. The first-order chi connectivity index (χ1) is 12.5. The fourth-order valence-electron chi connectivity index (χ4n) is 2.49. The van der Waals surface area contributed by atoms with Gasteiger partial charge in [0.05, 0.1) is 11.0 Å². The maximum atomic E-state index is 12.7. The Kier molecular flexibility index (Phi) is 5.88. The summed E-state index contributed by atoms with van der Waals surface area (Å²) in [6.45, 7) is 2.60. The molecule has 0 unspecified atom stereocenters. The average Bonchev–Trinajstić information content (AvgIpc) is 3.06. The van der Waals surface area contributed by atoms with Gasteiger partial charge < -0.3 is 10.3 Å². The molecule has 2 aromatic carbocycles. The van der Waals surface area contributed by atoms with Gasteiger partial charge in [0, 0.05) is 23.6 Å². The van der Waals surface area contributed by atoms with Gasteiger partial charge >= 0.3 is 0 Å². The fraction of sp³-hybridized carbons (Fsp3) is 0.263. The van der Waals surface area contributed by atoms with E-state index in [0.29, 0.717) is 23.1 Å². The highest BCUT2D eigenvalue weighted by Crippen LogP contribution is 2.20. The van der Waals surface area contributed by atoms with Gasteiger partial charge in [0.15, 0.2) is 5.82 Å². The summed E-state index contributed by atoms with van der Waals surface area (Å²) in [4.78, 5) is 18.5. The van der Waals surface area contributed by atoms with Gasteiger partial charge in [0.25, 0.3) is 12.3 Å². The van der Waals surface area contributed by atoms with Crippen molar-refractivity contribution in [3.05, 3.63) is 65.0 Å². The molecule has 0 saturated heterocycles. The molecule has 0 aliphatic carbocycles. The Morgan fingerprint density at radius 3 is 2.73 bits per heavy atom. The Hall–Kier alpha value is -2.41. The Labute approximate surface area is 154 Å². The molecule has 0 spiro atoms. The molecule has 0 atom stereocenters. The molecule has 3 aromatic rings. The molecular weight excluding hydrogens is 356 g/mol. The zero-order valence-corrected chi connectivity index (χ0v) is 15.1.